The minimum Gasteiger partial charge on any atom is -0.467 e. The summed E-state index contributed by atoms with van der Waals surface area (Å²) in [6, 6.07) is 3.73. The van der Waals surface area contributed by atoms with Crippen molar-refractivity contribution in [3.63, 3.8) is 0 Å². The minimum atomic E-state index is -0.0440. The molecule has 0 aliphatic heterocycles. The molecule has 0 amide bonds. The molecule has 5 heteroatoms. The number of rotatable bonds is 4. The number of nitrogens with zero attached hydrogens (tertiary/aromatic N) is 2. The molecular weight excluding hydrogens is 180 g/mol. The first kappa shape index (κ1) is 8.96. The van der Waals surface area contributed by atoms with Crippen LogP contribution in [0.2, 0.25) is 0 Å². The summed E-state index contributed by atoms with van der Waals surface area (Å²) in [5.74, 6) is 1.60. The van der Waals surface area contributed by atoms with Crippen LogP contribution in [0.1, 0.15) is 24.6 Å². The van der Waals surface area contributed by atoms with Gasteiger partial charge in [-0.1, -0.05) is 6.92 Å². The van der Waals surface area contributed by atoms with Gasteiger partial charge in [0.1, 0.15) is 24.0 Å². The Morgan fingerprint density at radius 2 is 2.57 bits per heavy atom. The Labute approximate surface area is 81.5 Å². The molecule has 14 heavy (non-hydrogen) atoms. The Morgan fingerprint density at radius 3 is 3.14 bits per heavy atom. The van der Waals surface area contributed by atoms with Crippen LogP contribution in [-0.2, 0) is 0 Å². The number of hydrogen-bond donors (Lipinski definition) is 2. The van der Waals surface area contributed by atoms with Gasteiger partial charge in [-0.3, -0.25) is 5.10 Å². The van der Waals surface area contributed by atoms with E-state index in [-0.39, 0.29) is 6.04 Å². The van der Waals surface area contributed by atoms with Gasteiger partial charge in [0.25, 0.3) is 0 Å². The summed E-state index contributed by atoms with van der Waals surface area (Å²) in [7, 11) is 0. The van der Waals surface area contributed by atoms with E-state index in [0.29, 0.717) is 0 Å². The molecule has 2 N–H and O–H groups in total. The van der Waals surface area contributed by atoms with Crippen molar-refractivity contribution in [2.45, 2.75) is 13.0 Å². The average molecular weight is 192 g/mol. The molecule has 0 radical (unpaired) electrons. The fourth-order valence-electron chi connectivity index (χ4n) is 1.35. The quantitative estimate of drug-likeness (QED) is 0.761. The summed E-state index contributed by atoms with van der Waals surface area (Å²) in [4.78, 5) is 4.10. The zero-order chi connectivity index (χ0) is 9.80. The molecule has 5 nitrogen and oxygen atoms in total. The Hall–Kier alpha value is -1.62. The van der Waals surface area contributed by atoms with E-state index < -0.39 is 0 Å². The number of furan rings is 1. The van der Waals surface area contributed by atoms with E-state index in [2.05, 4.69) is 20.5 Å². The summed E-state index contributed by atoms with van der Waals surface area (Å²) in [6.45, 7) is 2.87. The van der Waals surface area contributed by atoms with E-state index in [1.807, 2.05) is 19.1 Å². The van der Waals surface area contributed by atoms with Crippen LogP contribution in [0.4, 0.5) is 0 Å². The van der Waals surface area contributed by atoms with Crippen molar-refractivity contribution in [2.24, 2.45) is 0 Å². The van der Waals surface area contributed by atoms with Crippen LogP contribution < -0.4 is 5.32 Å². The number of aromatic nitrogens is 3. The van der Waals surface area contributed by atoms with Crippen molar-refractivity contribution in [2.75, 3.05) is 6.54 Å². The first-order chi connectivity index (χ1) is 6.92. The van der Waals surface area contributed by atoms with Gasteiger partial charge < -0.3 is 9.73 Å². The lowest BCUT2D eigenvalue weighted by atomic mass is 10.2. The Morgan fingerprint density at radius 1 is 1.64 bits per heavy atom. The minimum absolute atomic E-state index is 0.0440. The normalized spacial score (nSPS) is 12.9. The van der Waals surface area contributed by atoms with Crippen molar-refractivity contribution in [3.8, 4) is 0 Å². The van der Waals surface area contributed by atoms with Gasteiger partial charge in [0.05, 0.1) is 6.26 Å². The fourth-order valence-corrected chi connectivity index (χ4v) is 1.35. The highest BCUT2D eigenvalue weighted by Crippen LogP contribution is 2.18. The molecule has 2 aromatic rings. The van der Waals surface area contributed by atoms with Gasteiger partial charge in [0, 0.05) is 0 Å². The summed E-state index contributed by atoms with van der Waals surface area (Å²) in [6.07, 6.45) is 3.14. The summed E-state index contributed by atoms with van der Waals surface area (Å²) in [5.41, 5.74) is 0. The van der Waals surface area contributed by atoms with Gasteiger partial charge >= 0.3 is 0 Å². The molecule has 1 unspecified atom stereocenters. The van der Waals surface area contributed by atoms with Crippen molar-refractivity contribution in [1.29, 1.82) is 0 Å². The zero-order valence-electron chi connectivity index (χ0n) is 7.90. The molecule has 0 bridgehead atoms. The van der Waals surface area contributed by atoms with Gasteiger partial charge in [-0.2, -0.15) is 5.10 Å². The van der Waals surface area contributed by atoms with Gasteiger partial charge in [-0.15, -0.1) is 0 Å². The largest absolute Gasteiger partial charge is 0.467 e. The third kappa shape index (κ3) is 1.67. The highest BCUT2D eigenvalue weighted by atomic mass is 16.3. The summed E-state index contributed by atoms with van der Waals surface area (Å²) >= 11 is 0. The SMILES string of the molecule is CCNC(c1ncn[nH]1)c1ccco1. The summed E-state index contributed by atoms with van der Waals surface area (Å²) in [5, 5.41) is 9.90. The second-order valence-corrected chi connectivity index (χ2v) is 2.88. The topological polar surface area (TPSA) is 66.7 Å². The van der Waals surface area contributed by atoms with Crippen LogP contribution in [-0.4, -0.2) is 21.7 Å². The third-order valence-corrected chi connectivity index (χ3v) is 1.94. The van der Waals surface area contributed by atoms with Gasteiger partial charge in [0.2, 0.25) is 0 Å². The lowest BCUT2D eigenvalue weighted by molar-refractivity contribution is 0.442. The molecule has 2 heterocycles. The van der Waals surface area contributed by atoms with Gasteiger partial charge in [-0.25, -0.2) is 4.98 Å². The second-order valence-electron chi connectivity index (χ2n) is 2.88. The molecule has 0 aliphatic rings. The molecule has 0 aliphatic carbocycles. The Bertz CT molecular complexity index is 320. The monoisotopic (exact) mass is 192 g/mol. The summed E-state index contributed by atoms with van der Waals surface area (Å²) < 4.78 is 5.32. The molecular formula is C9H12N4O. The predicted molar refractivity (Wildman–Crippen MR) is 50.6 cm³/mol. The molecule has 74 valence electrons. The highest BCUT2D eigenvalue weighted by Gasteiger charge is 2.17. The van der Waals surface area contributed by atoms with E-state index in [4.69, 9.17) is 4.42 Å². The molecule has 2 rings (SSSR count). The molecule has 1 atom stereocenters. The van der Waals surface area contributed by atoms with E-state index in [1.54, 1.807) is 6.26 Å². The predicted octanol–water partition coefficient (Wildman–Crippen LogP) is 1.10. The van der Waals surface area contributed by atoms with E-state index >= 15 is 0 Å². The van der Waals surface area contributed by atoms with Crippen molar-refractivity contribution >= 4 is 0 Å². The Kier molecular flexibility index (Phi) is 2.60. The lowest BCUT2D eigenvalue weighted by Gasteiger charge is -2.11. The van der Waals surface area contributed by atoms with Crippen LogP contribution in [0.25, 0.3) is 0 Å². The van der Waals surface area contributed by atoms with E-state index in [1.165, 1.54) is 6.33 Å². The van der Waals surface area contributed by atoms with Gasteiger partial charge in [0.15, 0.2) is 0 Å². The third-order valence-electron chi connectivity index (χ3n) is 1.94. The first-order valence-corrected chi connectivity index (χ1v) is 4.54. The average Bonchev–Trinajstić information content (AvgIpc) is 2.87. The molecule has 2 aromatic heterocycles. The number of H-pyrrole nitrogens is 1. The van der Waals surface area contributed by atoms with Crippen LogP contribution in [0.5, 0.6) is 0 Å². The second kappa shape index (κ2) is 4.06. The number of hydrogen-bond acceptors (Lipinski definition) is 4. The maximum atomic E-state index is 5.32. The number of aromatic amines is 1. The van der Waals surface area contributed by atoms with Crippen LogP contribution in [0.15, 0.2) is 29.1 Å². The molecule has 0 saturated carbocycles. The maximum Gasteiger partial charge on any atom is 0.149 e. The Balaban J connectivity index is 2.25. The zero-order valence-corrected chi connectivity index (χ0v) is 7.90. The standard InChI is InChI=1S/C9H12N4O/c1-2-10-8(7-4-3-5-14-7)9-11-6-12-13-9/h3-6,8,10H,2H2,1H3,(H,11,12,13). The van der Waals surface area contributed by atoms with E-state index in [0.717, 1.165) is 18.1 Å². The van der Waals surface area contributed by atoms with Crippen LogP contribution in [0, 0.1) is 0 Å². The fraction of sp³-hybridized carbons (Fsp3) is 0.333. The molecule has 0 aromatic carbocycles. The molecule has 0 spiro atoms. The molecule has 0 fully saturated rings. The smallest absolute Gasteiger partial charge is 0.149 e. The van der Waals surface area contributed by atoms with Crippen LogP contribution in [0.3, 0.4) is 0 Å². The van der Waals surface area contributed by atoms with Crippen molar-refractivity contribution < 1.29 is 4.42 Å². The highest BCUT2D eigenvalue weighted by molar-refractivity contribution is 5.13. The van der Waals surface area contributed by atoms with Crippen molar-refractivity contribution in [3.05, 3.63) is 36.3 Å². The molecule has 0 saturated heterocycles. The van der Waals surface area contributed by atoms with Crippen LogP contribution >= 0.6 is 0 Å². The first-order valence-electron chi connectivity index (χ1n) is 4.54. The van der Waals surface area contributed by atoms with Gasteiger partial charge in [-0.05, 0) is 18.7 Å². The lowest BCUT2D eigenvalue weighted by Crippen LogP contribution is -2.22. The van der Waals surface area contributed by atoms with Crippen molar-refractivity contribution in [1.82, 2.24) is 20.5 Å². The van der Waals surface area contributed by atoms with E-state index in [9.17, 15) is 0 Å². The number of nitrogens with one attached hydrogen (secondary N) is 2. The maximum absolute atomic E-state index is 5.32.